The van der Waals surface area contributed by atoms with E-state index < -0.39 is 12.1 Å². The number of aliphatic hydroxyl groups is 1. The van der Waals surface area contributed by atoms with E-state index in [0.717, 1.165) is 5.56 Å². The van der Waals surface area contributed by atoms with Gasteiger partial charge in [-0.2, -0.15) is 0 Å². The van der Waals surface area contributed by atoms with Gasteiger partial charge in [0.05, 0.1) is 19.3 Å². The molecule has 0 saturated heterocycles. The second kappa shape index (κ2) is 6.03. The van der Waals surface area contributed by atoms with Crippen LogP contribution in [-0.2, 0) is 4.74 Å². The Hall–Kier alpha value is -1.55. The zero-order valence-corrected chi connectivity index (χ0v) is 8.64. The first-order valence-corrected chi connectivity index (χ1v) is 4.87. The summed E-state index contributed by atoms with van der Waals surface area (Å²) in [5, 5.41) is 11.7. The van der Waals surface area contributed by atoms with Gasteiger partial charge in [0, 0.05) is 0 Å². The smallest absolute Gasteiger partial charge is 0.407 e. The Labute approximate surface area is 88.9 Å². The van der Waals surface area contributed by atoms with Crippen molar-refractivity contribution in [3.05, 3.63) is 35.9 Å². The van der Waals surface area contributed by atoms with Gasteiger partial charge in [-0.05, 0) is 12.5 Å². The highest BCUT2D eigenvalue weighted by atomic mass is 16.5. The number of carbonyl (C=O) groups is 1. The standard InChI is InChI=1S/C11H15NO3/c1-2-15-11(14)12-10(8-13)9-6-4-3-5-7-9/h3-7,10,13H,2,8H2,1H3,(H,12,14). The second-order valence-corrected chi connectivity index (χ2v) is 3.01. The summed E-state index contributed by atoms with van der Waals surface area (Å²) in [5.41, 5.74) is 0.855. The molecule has 1 rings (SSSR count). The average Bonchev–Trinajstić information content (AvgIpc) is 2.27. The second-order valence-electron chi connectivity index (χ2n) is 3.01. The minimum atomic E-state index is -0.514. The third kappa shape index (κ3) is 3.59. The molecule has 0 saturated carbocycles. The monoisotopic (exact) mass is 209 g/mol. The van der Waals surface area contributed by atoms with Gasteiger partial charge in [-0.1, -0.05) is 30.3 Å². The molecule has 0 aliphatic carbocycles. The third-order valence-electron chi connectivity index (χ3n) is 1.95. The lowest BCUT2D eigenvalue weighted by Gasteiger charge is -2.15. The molecule has 4 heteroatoms. The number of hydrogen-bond donors (Lipinski definition) is 2. The van der Waals surface area contributed by atoms with Crippen LogP contribution in [0.5, 0.6) is 0 Å². The Kier molecular flexibility index (Phi) is 4.63. The summed E-state index contributed by atoms with van der Waals surface area (Å²) in [6, 6.07) is 8.85. The highest BCUT2D eigenvalue weighted by Crippen LogP contribution is 2.11. The van der Waals surface area contributed by atoms with Crippen LogP contribution < -0.4 is 5.32 Å². The Morgan fingerprint density at radius 3 is 2.67 bits per heavy atom. The van der Waals surface area contributed by atoms with Crippen molar-refractivity contribution in [1.82, 2.24) is 5.32 Å². The summed E-state index contributed by atoms with van der Waals surface area (Å²) in [7, 11) is 0. The number of rotatable bonds is 4. The van der Waals surface area contributed by atoms with Crippen LogP contribution in [0.25, 0.3) is 0 Å². The Morgan fingerprint density at radius 2 is 2.13 bits per heavy atom. The number of ether oxygens (including phenoxy) is 1. The van der Waals surface area contributed by atoms with E-state index in [9.17, 15) is 4.79 Å². The first-order chi connectivity index (χ1) is 7.27. The molecule has 0 heterocycles. The van der Waals surface area contributed by atoms with Crippen LogP contribution in [-0.4, -0.2) is 24.4 Å². The first-order valence-electron chi connectivity index (χ1n) is 4.87. The summed E-state index contributed by atoms with van der Waals surface area (Å²) in [5.74, 6) is 0. The lowest BCUT2D eigenvalue weighted by molar-refractivity contribution is 0.140. The van der Waals surface area contributed by atoms with E-state index >= 15 is 0 Å². The van der Waals surface area contributed by atoms with E-state index in [1.807, 2.05) is 30.3 Å². The van der Waals surface area contributed by atoms with Gasteiger partial charge in [0.15, 0.2) is 0 Å². The molecular formula is C11H15NO3. The van der Waals surface area contributed by atoms with Gasteiger partial charge < -0.3 is 15.2 Å². The molecule has 1 unspecified atom stereocenters. The number of benzene rings is 1. The molecule has 2 N–H and O–H groups in total. The van der Waals surface area contributed by atoms with Gasteiger partial charge in [-0.25, -0.2) is 4.79 Å². The van der Waals surface area contributed by atoms with Gasteiger partial charge in [0.1, 0.15) is 0 Å². The fourth-order valence-corrected chi connectivity index (χ4v) is 1.23. The highest BCUT2D eigenvalue weighted by molar-refractivity contribution is 5.67. The fraction of sp³-hybridized carbons (Fsp3) is 0.364. The SMILES string of the molecule is CCOC(=O)NC(CO)c1ccccc1. The van der Waals surface area contributed by atoms with E-state index in [0.29, 0.717) is 6.61 Å². The Bertz CT molecular complexity index is 300. The molecule has 1 aromatic carbocycles. The van der Waals surface area contributed by atoms with E-state index in [1.165, 1.54) is 0 Å². The molecule has 0 aliphatic rings. The number of hydrogen-bond acceptors (Lipinski definition) is 3. The molecule has 1 aromatic rings. The predicted molar refractivity (Wildman–Crippen MR) is 56.4 cm³/mol. The van der Waals surface area contributed by atoms with Crippen molar-refractivity contribution in [1.29, 1.82) is 0 Å². The summed E-state index contributed by atoms with van der Waals surface area (Å²) < 4.78 is 4.73. The van der Waals surface area contributed by atoms with Gasteiger partial charge in [-0.3, -0.25) is 0 Å². The molecule has 0 radical (unpaired) electrons. The fourth-order valence-electron chi connectivity index (χ4n) is 1.23. The van der Waals surface area contributed by atoms with Gasteiger partial charge in [0.2, 0.25) is 0 Å². The molecule has 1 atom stereocenters. The van der Waals surface area contributed by atoms with E-state index in [2.05, 4.69) is 5.32 Å². The van der Waals surface area contributed by atoms with Gasteiger partial charge in [0.25, 0.3) is 0 Å². The van der Waals surface area contributed by atoms with Crippen LogP contribution >= 0.6 is 0 Å². The van der Waals surface area contributed by atoms with E-state index in [1.54, 1.807) is 6.92 Å². The van der Waals surface area contributed by atoms with Crippen molar-refractivity contribution in [2.75, 3.05) is 13.2 Å². The molecule has 82 valence electrons. The lowest BCUT2D eigenvalue weighted by Crippen LogP contribution is -2.31. The Balaban J connectivity index is 2.61. The molecule has 0 aromatic heterocycles. The molecule has 0 aliphatic heterocycles. The highest BCUT2D eigenvalue weighted by Gasteiger charge is 2.13. The van der Waals surface area contributed by atoms with Gasteiger partial charge >= 0.3 is 6.09 Å². The average molecular weight is 209 g/mol. The normalized spacial score (nSPS) is 11.9. The Morgan fingerprint density at radius 1 is 1.47 bits per heavy atom. The quantitative estimate of drug-likeness (QED) is 0.789. The lowest BCUT2D eigenvalue weighted by atomic mass is 10.1. The van der Waals surface area contributed by atoms with Crippen LogP contribution in [0, 0.1) is 0 Å². The first kappa shape index (κ1) is 11.5. The maximum absolute atomic E-state index is 11.1. The van der Waals surface area contributed by atoms with Crippen molar-refractivity contribution < 1.29 is 14.6 Å². The minimum Gasteiger partial charge on any atom is -0.450 e. The van der Waals surface area contributed by atoms with Crippen molar-refractivity contribution in [2.24, 2.45) is 0 Å². The van der Waals surface area contributed by atoms with Crippen LogP contribution in [0.3, 0.4) is 0 Å². The number of carbonyl (C=O) groups excluding carboxylic acids is 1. The van der Waals surface area contributed by atoms with Crippen LogP contribution in [0.1, 0.15) is 18.5 Å². The largest absolute Gasteiger partial charge is 0.450 e. The summed E-state index contributed by atoms with van der Waals surface area (Å²) >= 11 is 0. The summed E-state index contributed by atoms with van der Waals surface area (Å²) in [4.78, 5) is 11.1. The maximum atomic E-state index is 11.1. The third-order valence-corrected chi connectivity index (χ3v) is 1.95. The molecule has 1 amide bonds. The van der Waals surface area contributed by atoms with Crippen LogP contribution in [0.4, 0.5) is 4.79 Å². The number of alkyl carbamates (subject to hydrolysis) is 1. The van der Waals surface area contributed by atoms with Crippen molar-refractivity contribution in [3.63, 3.8) is 0 Å². The summed E-state index contributed by atoms with van der Waals surface area (Å²) in [6.07, 6.45) is -0.514. The molecule has 0 fully saturated rings. The molecule has 0 spiro atoms. The summed E-state index contributed by atoms with van der Waals surface area (Å²) in [6.45, 7) is 1.90. The predicted octanol–water partition coefficient (Wildman–Crippen LogP) is 1.47. The van der Waals surface area contributed by atoms with Crippen molar-refractivity contribution in [3.8, 4) is 0 Å². The number of amides is 1. The van der Waals surface area contributed by atoms with Crippen molar-refractivity contribution in [2.45, 2.75) is 13.0 Å². The molecular weight excluding hydrogens is 194 g/mol. The topological polar surface area (TPSA) is 58.6 Å². The van der Waals surface area contributed by atoms with E-state index in [4.69, 9.17) is 9.84 Å². The van der Waals surface area contributed by atoms with Crippen molar-refractivity contribution >= 4 is 6.09 Å². The van der Waals surface area contributed by atoms with Crippen LogP contribution in [0.2, 0.25) is 0 Å². The molecule has 0 bridgehead atoms. The molecule has 15 heavy (non-hydrogen) atoms. The number of nitrogens with one attached hydrogen (secondary N) is 1. The molecule has 4 nitrogen and oxygen atoms in total. The number of aliphatic hydroxyl groups excluding tert-OH is 1. The van der Waals surface area contributed by atoms with E-state index in [-0.39, 0.29) is 6.61 Å². The van der Waals surface area contributed by atoms with Gasteiger partial charge in [-0.15, -0.1) is 0 Å². The zero-order chi connectivity index (χ0) is 11.1. The zero-order valence-electron chi connectivity index (χ0n) is 8.64. The van der Waals surface area contributed by atoms with Crippen LogP contribution in [0.15, 0.2) is 30.3 Å². The minimum absolute atomic E-state index is 0.150. The maximum Gasteiger partial charge on any atom is 0.407 e.